The van der Waals surface area contributed by atoms with Crippen LogP contribution in [0.15, 0.2) is 18.2 Å². The van der Waals surface area contributed by atoms with Gasteiger partial charge in [0.25, 0.3) is 0 Å². The van der Waals surface area contributed by atoms with Crippen LogP contribution in [0, 0.1) is 5.82 Å². The first-order chi connectivity index (χ1) is 7.17. The molecule has 1 aromatic rings. The molecule has 0 spiro atoms. The molecule has 84 valence electrons. The van der Waals surface area contributed by atoms with E-state index in [9.17, 15) is 4.39 Å². The molecule has 0 fully saturated rings. The summed E-state index contributed by atoms with van der Waals surface area (Å²) in [7, 11) is 1.88. The number of hydrogen-bond donors (Lipinski definition) is 0. The van der Waals surface area contributed by atoms with Crippen LogP contribution in [-0.2, 0) is 6.54 Å². The number of nitrogens with zero attached hydrogens (tertiary/aromatic N) is 1. The van der Waals surface area contributed by atoms with Crippen LogP contribution in [0.2, 0.25) is 0 Å². The van der Waals surface area contributed by atoms with Gasteiger partial charge < -0.3 is 4.74 Å². The summed E-state index contributed by atoms with van der Waals surface area (Å²) >= 11 is 5.63. The molecule has 1 rings (SSSR count). The molecule has 0 saturated carbocycles. The van der Waals surface area contributed by atoms with Gasteiger partial charge in [0.05, 0.1) is 12.6 Å². The lowest BCUT2D eigenvalue weighted by Gasteiger charge is -2.13. The molecular formula is C11H15ClFNO. The molecule has 2 nitrogen and oxygen atoms in total. The maximum absolute atomic E-state index is 13.4. The topological polar surface area (TPSA) is 12.5 Å². The Morgan fingerprint density at radius 2 is 2.20 bits per heavy atom. The SMILES string of the molecule is CCOc1ccc(CN(C)CCl)cc1F. The second kappa shape index (κ2) is 5.93. The average Bonchev–Trinajstić information content (AvgIpc) is 2.22. The average molecular weight is 232 g/mol. The Hall–Kier alpha value is -0.800. The molecule has 0 amide bonds. The molecule has 0 atom stereocenters. The van der Waals surface area contributed by atoms with Gasteiger partial charge in [0.2, 0.25) is 0 Å². The Morgan fingerprint density at radius 3 is 2.73 bits per heavy atom. The summed E-state index contributed by atoms with van der Waals surface area (Å²) in [6, 6.07) is 5.40. The van der Waals surface area contributed by atoms with Crippen LogP contribution in [0.5, 0.6) is 5.75 Å². The van der Waals surface area contributed by atoms with E-state index in [2.05, 4.69) is 0 Å². The quantitative estimate of drug-likeness (QED) is 0.571. The van der Waals surface area contributed by atoms with Gasteiger partial charge in [-0.05, 0) is 31.7 Å². The zero-order valence-corrected chi connectivity index (χ0v) is 9.72. The lowest BCUT2D eigenvalue weighted by atomic mass is 10.2. The summed E-state index contributed by atoms with van der Waals surface area (Å²) in [6.45, 7) is 2.93. The number of alkyl halides is 1. The molecule has 4 heteroatoms. The Labute approximate surface area is 94.6 Å². The van der Waals surface area contributed by atoms with E-state index in [-0.39, 0.29) is 5.82 Å². The van der Waals surface area contributed by atoms with E-state index in [1.807, 2.05) is 24.9 Å². The van der Waals surface area contributed by atoms with Crippen LogP contribution in [0.25, 0.3) is 0 Å². The number of halogens is 2. The minimum absolute atomic E-state index is 0.301. The van der Waals surface area contributed by atoms with E-state index in [1.165, 1.54) is 6.07 Å². The maximum atomic E-state index is 13.4. The third kappa shape index (κ3) is 3.68. The third-order valence-corrected chi connectivity index (χ3v) is 2.36. The summed E-state index contributed by atoms with van der Waals surface area (Å²) in [5, 5.41) is 0. The molecule has 15 heavy (non-hydrogen) atoms. The molecule has 0 unspecified atom stereocenters. The molecule has 0 radical (unpaired) electrons. The molecule has 0 aliphatic carbocycles. The minimum atomic E-state index is -0.322. The van der Waals surface area contributed by atoms with Crippen LogP contribution in [-0.4, -0.2) is 24.6 Å². The Bertz CT molecular complexity index is 319. The van der Waals surface area contributed by atoms with Crippen molar-refractivity contribution in [1.29, 1.82) is 0 Å². The van der Waals surface area contributed by atoms with Gasteiger partial charge in [-0.3, -0.25) is 4.90 Å². The largest absolute Gasteiger partial charge is 0.491 e. The summed E-state index contributed by atoms with van der Waals surface area (Å²) in [6.07, 6.45) is 0. The first-order valence-corrected chi connectivity index (χ1v) is 5.36. The second-order valence-corrected chi connectivity index (χ2v) is 3.57. The molecule has 1 aromatic carbocycles. The van der Waals surface area contributed by atoms with Gasteiger partial charge in [-0.2, -0.15) is 0 Å². The van der Waals surface area contributed by atoms with Gasteiger partial charge in [-0.1, -0.05) is 6.07 Å². The number of rotatable bonds is 5. The first kappa shape index (κ1) is 12.3. The highest BCUT2D eigenvalue weighted by atomic mass is 35.5. The summed E-state index contributed by atoms with van der Waals surface area (Å²) in [5.41, 5.74) is 0.888. The highest BCUT2D eigenvalue weighted by Crippen LogP contribution is 2.19. The third-order valence-electron chi connectivity index (χ3n) is 1.95. The van der Waals surface area contributed by atoms with Crippen molar-refractivity contribution < 1.29 is 9.13 Å². The molecule has 0 heterocycles. The van der Waals surface area contributed by atoms with Crippen molar-refractivity contribution >= 4 is 11.6 Å². The van der Waals surface area contributed by atoms with Crippen molar-refractivity contribution in [3.8, 4) is 5.75 Å². The standard InChI is InChI=1S/C11H15ClFNO/c1-3-15-11-5-4-9(6-10(11)13)7-14(2)8-12/h4-6H,3,7-8H2,1-2H3. The Kier molecular flexibility index (Phi) is 4.85. The van der Waals surface area contributed by atoms with Crippen LogP contribution in [0.3, 0.4) is 0 Å². The molecule has 0 bridgehead atoms. The van der Waals surface area contributed by atoms with Gasteiger partial charge in [-0.15, -0.1) is 11.6 Å². The van der Waals surface area contributed by atoms with Crippen molar-refractivity contribution in [3.05, 3.63) is 29.6 Å². The fourth-order valence-electron chi connectivity index (χ4n) is 1.27. The van der Waals surface area contributed by atoms with Crippen molar-refractivity contribution in [1.82, 2.24) is 4.90 Å². The molecule has 0 aliphatic rings. The van der Waals surface area contributed by atoms with Crippen molar-refractivity contribution in [2.45, 2.75) is 13.5 Å². The normalized spacial score (nSPS) is 10.7. The van der Waals surface area contributed by atoms with Crippen LogP contribution >= 0.6 is 11.6 Å². The maximum Gasteiger partial charge on any atom is 0.165 e. The zero-order valence-electron chi connectivity index (χ0n) is 8.96. The molecule has 0 saturated heterocycles. The zero-order chi connectivity index (χ0) is 11.3. The van der Waals surface area contributed by atoms with Crippen molar-refractivity contribution in [2.24, 2.45) is 0 Å². The lowest BCUT2D eigenvalue weighted by molar-refractivity contribution is 0.320. The highest BCUT2D eigenvalue weighted by Gasteiger charge is 2.05. The van der Waals surface area contributed by atoms with Gasteiger partial charge in [-0.25, -0.2) is 4.39 Å². The molecule has 0 aromatic heterocycles. The van der Waals surface area contributed by atoms with E-state index in [0.29, 0.717) is 24.9 Å². The lowest BCUT2D eigenvalue weighted by Crippen LogP contribution is -2.15. The van der Waals surface area contributed by atoms with Gasteiger partial charge >= 0.3 is 0 Å². The minimum Gasteiger partial charge on any atom is -0.491 e. The van der Waals surface area contributed by atoms with Gasteiger partial charge in [0, 0.05) is 6.54 Å². The van der Waals surface area contributed by atoms with Crippen LogP contribution < -0.4 is 4.74 Å². The van der Waals surface area contributed by atoms with E-state index in [0.717, 1.165) is 5.56 Å². The van der Waals surface area contributed by atoms with Crippen molar-refractivity contribution in [3.63, 3.8) is 0 Å². The fraction of sp³-hybridized carbons (Fsp3) is 0.455. The number of benzene rings is 1. The molecular weight excluding hydrogens is 217 g/mol. The smallest absolute Gasteiger partial charge is 0.165 e. The predicted molar refractivity (Wildman–Crippen MR) is 59.8 cm³/mol. The summed E-state index contributed by atoms with van der Waals surface area (Å²) in [5.74, 6) is -0.0212. The van der Waals surface area contributed by atoms with Crippen LogP contribution in [0.4, 0.5) is 4.39 Å². The molecule has 0 N–H and O–H groups in total. The highest BCUT2D eigenvalue weighted by molar-refractivity contribution is 6.17. The summed E-state index contributed by atoms with van der Waals surface area (Å²) < 4.78 is 18.5. The van der Waals surface area contributed by atoms with E-state index < -0.39 is 0 Å². The summed E-state index contributed by atoms with van der Waals surface area (Å²) in [4.78, 5) is 1.89. The number of hydrogen-bond acceptors (Lipinski definition) is 2. The van der Waals surface area contributed by atoms with E-state index >= 15 is 0 Å². The molecule has 0 aliphatic heterocycles. The number of ether oxygens (including phenoxy) is 1. The predicted octanol–water partition coefficient (Wildman–Crippen LogP) is 2.85. The second-order valence-electron chi connectivity index (χ2n) is 3.33. The Morgan fingerprint density at radius 1 is 1.47 bits per heavy atom. The van der Waals surface area contributed by atoms with Gasteiger partial charge in [0.15, 0.2) is 11.6 Å². The monoisotopic (exact) mass is 231 g/mol. The first-order valence-electron chi connectivity index (χ1n) is 4.83. The Balaban J connectivity index is 2.73. The fourth-order valence-corrected chi connectivity index (χ4v) is 1.35. The van der Waals surface area contributed by atoms with Crippen LogP contribution in [0.1, 0.15) is 12.5 Å². The van der Waals surface area contributed by atoms with E-state index in [1.54, 1.807) is 6.07 Å². The van der Waals surface area contributed by atoms with E-state index in [4.69, 9.17) is 16.3 Å². The van der Waals surface area contributed by atoms with Crippen molar-refractivity contribution in [2.75, 3.05) is 19.7 Å². The van der Waals surface area contributed by atoms with Gasteiger partial charge in [0.1, 0.15) is 0 Å².